The van der Waals surface area contributed by atoms with Crippen LogP contribution in [0.3, 0.4) is 0 Å². The summed E-state index contributed by atoms with van der Waals surface area (Å²) in [4.78, 5) is 13.9. The molecular formula is C11H8ClN3O. The molecule has 0 fully saturated rings. The number of carbonyl (C=O) groups excluding carboxylic acids is 1. The van der Waals surface area contributed by atoms with Gasteiger partial charge < -0.3 is 0 Å². The molecule has 0 radical (unpaired) electrons. The molecule has 0 atom stereocenters. The lowest BCUT2D eigenvalue weighted by molar-refractivity contribution is 0.565. The maximum Gasteiger partial charge on any atom is 0.240 e. The van der Waals surface area contributed by atoms with Crippen LogP contribution in [0.5, 0.6) is 0 Å². The van der Waals surface area contributed by atoms with E-state index in [9.17, 15) is 4.79 Å². The van der Waals surface area contributed by atoms with Crippen LogP contribution in [0.1, 0.15) is 5.56 Å². The van der Waals surface area contributed by atoms with E-state index in [0.717, 1.165) is 5.56 Å². The summed E-state index contributed by atoms with van der Waals surface area (Å²) in [5.41, 5.74) is 2.17. The molecule has 0 saturated heterocycles. The van der Waals surface area contributed by atoms with E-state index >= 15 is 0 Å². The average molecular weight is 234 g/mol. The molecule has 5 heteroatoms. The average Bonchev–Trinajstić information content (AvgIpc) is 2.65. The van der Waals surface area contributed by atoms with Crippen molar-refractivity contribution < 1.29 is 4.79 Å². The Labute approximate surface area is 97.2 Å². The van der Waals surface area contributed by atoms with Crippen LogP contribution >= 0.6 is 11.6 Å². The first-order valence-corrected chi connectivity index (χ1v) is 4.97. The lowest BCUT2D eigenvalue weighted by Crippen LogP contribution is -1.94. The maximum absolute atomic E-state index is 10.3. The minimum Gasteiger partial charge on any atom is -0.238 e. The predicted molar refractivity (Wildman–Crippen MR) is 61.1 cm³/mol. The Balaban J connectivity index is 2.59. The van der Waals surface area contributed by atoms with Crippen molar-refractivity contribution >= 4 is 23.4 Å². The van der Waals surface area contributed by atoms with E-state index in [-0.39, 0.29) is 0 Å². The van der Waals surface area contributed by atoms with Gasteiger partial charge in [0, 0.05) is 11.2 Å². The summed E-state index contributed by atoms with van der Waals surface area (Å²) in [5, 5.41) is 4.66. The molecule has 1 heterocycles. The molecule has 1 aromatic carbocycles. The Kier molecular flexibility index (Phi) is 2.86. The largest absolute Gasteiger partial charge is 0.240 e. The smallest absolute Gasteiger partial charge is 0.238 e. The van der Waals surface area contributed by atoms with Crippen molar-refractivity contribution in [3.63, 3.8) is 0 Å². The first kappa shape index (κ1) is 10.6. The second kappa shape index (κ2) is 4.31. The van der Waals surface area contributed by atoms with Crippen molar-refractivity contribution in [2.24, 2.45) is 4.99 Å². The van der Waals surface area contributed by atoms with Crippen LogP contribution in [0.15, 0.2) is 35.6 Å². The number of halogens is 1. The van der Waals surface area contributed by atoms with E-state index in [1.165, 1.54) is 6.08 Å². The molecule has 4 nitrogen and oxygen atoms in total. The van der Waals surface area contributed by atoms with E-state index in [0.29, 0.717) is 16.4 Å². The van der Waals surface area contributed by atoms with Crippen molar-refractivity contribution in [1.82, 2.24) is 9.78 Å². The monoisotopic (exact) mass is 233 g/mol. The second-order valence-corrected chi connectivity index (χ2v) is 3.73. The number of rotatable bonds is 2. The van der Waals surface area contributed by atoms with Crippen molar-refractivity contribution in [3.05, 3.63) is 41.2 Å². The highest BCUT2D eigenvalue weighted by Gasteiger charge is 2.05. The number of hydrogen-bond donors (Lipinski definition) is 0. The number of benzene rings is 1. The summed E-state index contributed by atoms with van der Waals surface area (Å²) in [6.07, 6.45) is 5.07. The van der Waals surface area contributed by atoms with Crippen LogP contribution in [-0.2, 0) is 4.79 Å². The molecule has 2 aromatic rings. The number of aliphatic imine (C=N–C) groups is 1. The molecule has 0 aliphatic carbocycles. The van der Waals surface area contributed by atoms with Crippen LogP contribution in [0.2, 0.25) is 5.02 Å². The lowest BCUT2D eigenvalue weighted by Gasteiger charge is -2.04. The minimum atomic E-state index is 0.450. The number of aryl methyl sites for hydroxylation is 1. The number of nitrogens with zero attached hydrogens (tertiary/aromatic N) is 3. The van der Waals surface area contributed by atoms with Crippen molar-refractivity contribution in [3.8, 4) is 5.69 Å². The summed E-state index contributed by atoms with van der Waals surface area (Å²) in [6.45, 7) is 1.93. The van der Waals surface area contributed by atoms with Crippen molar-refractivity contribution in [2.75, 3.05) is 0 Å². The summed E-state index contributed by atoms with van der Waals surface area (Å²) in [6, 6.07) is 5.07. The van der Waals surface area contributed by atoms with E-state index in [4.69, 9.17) is 11.6 Å². The van der Waals surface area contributed by atoms with Gasteiger partial charge in [0.1, 0.15) is 5.69 Å². The molecule has 0 saturated carbocycles. The van der Waals surface area contributed by atoms with Gasteiger partial charge in [0.05, 0.1) is 11.9 Å². The fourth-order valence-electron chi connectivity index (χ4n) is 1.37. The molecule has 0 unspecified atom stereocenters. The van der Waals surface area contributed by atoms with Crippen LogP contribution < -0.4 is 0 Å². The number of hydrogen-bond acceptors (Lipinski definition) is 3. The van der Waals surface area contributed by atoms with Gasteiger partial charge in [-0.25, -0.2) is 9.48 Å². The molecule has 0 aliphatic rings. The zero-order valence-corrected chi connectivity index (χ0v) is 9.27. The fraction of sp³-hybridized carbons (Fsp3) is 0.0909. The first-order valence-electron chi connectivity index (χ1n) is 4.60. The van der Waals surface area contributed by atoms with Crippen LogP contribution in [0, 0.1) is 6.92 Å². The Bertz CT molecular complexity index is 570. The molecule has 0 aliphatic heterocycles. The van der Waals surface area contributed by atoms with Gasteiger partial charge in [0.2, 0.25) is 6.08 Å². The highest BCUT2D eigenvalue weighted by molar-refractivity contribution is 6.30. The van der Waals surface area contributed by atoms with Crippen molar-refractivity contribution in [2.45, 2.75) is 6.92 Å². The zero-order chi connectivity index (χ0) is 11.5. The maximum atomic E-state index is 10.3. The topological polar surface area (TPSA) is 47.2 Å². The summed E-state index contributed by atoms with van der Waals surface area (Å²) >= 11 is 5.83. The van der Waals surface area contributed by atoms with E-state index in [2.05, 4.69) is 10.1 Å². The summed E-state index contributed by atoms with van der Waals surface area (Å²) in [5.74, 6) is 0. The highest BCUT2D eigenvalue weighted by Crippen LogP contribution is 2.26. The van der Waals surface area contributed by atoms with Crippen molar-refractivity contribution in [1.29, 1.82) is 0 Å². The third-order valence-electron chi connectivity index (χ3n) is 2.06. The summed E-state index contributed by atoms with van der Waals surface area (Å²) in [7, 11) is 0. The number of isocyanates is 1. The SMILES string of the molecule is Cc1cnn(-c2ccc(Cl)cc2N=C=O)c1. The molecule has 16 heavy (non-hydrogen) atoms. The quantitative estimate of drug-likeness (QED) is 0.592. The molecule has 0 amide bonds. The second-order valence-electron chi connectivity index (χ2n) is 3.30. The third-order valence-corrected chi connectivity index (χ3v) is 2.30. The Morgan fingerprint density at radius 3 is 2.94 bits per heavy atom. The van der Waals surface area contributed by atoms with E-state index < -0.39 is 0 Å². The Morgan fingerprint density at radius 1 is 1.50 bits per heavy atom. The van der Waals surface area contributed by atoms with Gasteiger partial charge in [0.15, 0.2) is 0 Å². The molecule has 0 bridgehead atoms. The van der Waals surface area contributed by atoms with Gasteiger partial charge in [0.25, 0.3) is 0 Å². The minimum absolute atomic E-state index is 0.450. The van der Waals surface area contributed by atoms with Gasteiger partial charge in [-0.05, 0) is 30.7 Å². The molecule has 80 valence electrons. The van der Waals surface area contributed by atoms with Crippen LogP contribution in [0.25, 0.3) is 5.69 Å². The standard InChI is InChI=1S/C11H8ClN3O/c1-8-5-14-15(6-8)11-3-2-9(12)4-10(11)13-7-16/h2-6H,1H3. The number of aromatic nitrogens is 2. The van der Waals surface area contributed by atoms with Crippen LogP contribution in [-0.4, -0.2) is 15.9 Å². The van der Waals surface area contributed by atoms with Gasteiger partial charge in [-0.15, -0.1) is 0 Å². The van der Waals surface area contributed by atoms with E-state index in [1.807, 2.05) is 13.1 Å². The Hall–Kier alpha value is -1.90. The molecule has 1 aromatic heterocycles. The van der Waals surface area contributed by atoms with Gasteiger partial charge in [-0.3, -0.25) is 0 Å². The normalized spacial score (nSPS) is 9.88. The van der Waals surface area contributed by atoms with Gasteiger partial charge in [-0.2, -0.15) is 10.1 Å². The molecule has 0 spiro atoms. The molecular weight excluding hydrogens is 226 g/mol. The van der Waals surface area contributed by atoms with Gasteiger partial charge in [-0.1, -0.05) is 11.6 Å². The summed E-state index contributed by atoms with van der Waals surface area (Å²) < 4.78 is 1.64. The highest BCUT2D eigenvalue weighted by atomic mass is 35.5. The van der Waals surface area contributed by atoms with Gasteiger partial charge >= 0.3 is 0 Å². The van der Waals surface area contributed by atoms with E-state index in [1.54, 1.807) is 29.1 Å². The first-order chi connectivity index (χ1) is 7.70. The molecule has 2 rings (SSSR count). The fourth-order valence-corrected chi connectivity index (χ4v) is 1.54. The third kappa shape index (κ3) is 2.03. The van der Waals surface area contributed by atoms with Crippen LogP contribution in [0.4, 0.5) is 5.69 Å². The lowest BCUT2D eigenvalue weighted by atomic mass is 10.2. The Morgan fingerprint density at radius 2 is 2.31 bits per heavy atom. The molecule has 0 N–H and O–H groups in total. The zero-order valence-electron chi connectivity index (χ0n) is 8.51. The predicted octanol–water partition coefficient (Wildman–Crippen LogP) is 2.80.